The first kappa shape index (κ1) is 22.7. The highest BCUT2D eigenvalue weighted by atomic mass is 32.2. The molecule has 0 spiro atoms. The largest absolute Gasteiger partial charge is 0.341 e. The fourth-order valence-corrected chi connectivity index (χ4v) is 5.38. The van der Waals surface area contributed by atoms with Gasteiger partial charge in [0, 0.05) is 45.3 Å². The van der Waals surface area contributed by atoms with Gasteiger partial charge in [-0.25, -0.2) is 8.42 Å². The number of nitrogens with zero attached hydrogens (tertiary/aromatic N) is 1. The van der Waals surface area contributed by atoms with Gasteiger partial charge in [0.15, 0.2) is 0 Å². The van der Waals surface area contributed by atoms with Gasteiger partial charge in [-0.15, -0.1) is 0 Å². The van der Waals surface area contributed by atoms with Crippen molar-refractivity contribution in [2.75, 3.05) is 10.0 Å². The molecule has 0 fully saturated rings. The van der Waals surface area contributed by atoms with Gasteiger partial charge in [0.05, 0.1) is 4.90 Å². The molecule has 2 N–H and O–H groups in total. The zero-order chi connectivity index (χ0) is 24.6. The average Bonchev–Trinajstić information content (AvgIpc) is 3.17. The molecule has 0 saturated carbocycles. The number of benzene rings is 4. The molecule has 0 aliphatic carbocycles. The number of aromatic nitrogens is 1. The summed E-state index contributed by atoms with van der Waals surface area (Å²) >= 11 is 0. The number of hydrogen-bond donors (Lipinski definition) is 2. The number of fused-ring (bicyclic) bond motifs is 3. The maximum absolute atomic E-state index is 13.0. The molecule has 4 aromatic carbocycles. The summed E-state index contributed by atoms with van der Waals surface area (Å²) in [4.78, 5) is 13.2. The summed E-state index contributed by atoms with van der Waals surface area (Å²) in [6, 6.07) is 27.1. The number of carbonyl (C=O) groups is 1. The van der Waals surface area contributed by atoms with Gasteiger partial charge >= 0.3 is 0 Å². The van der Waals surface area contributed by atoms with E-state index in [1.54, 1.807) is 42.5 Å². The van der Waals surface area contributed by atoms with Crippen LogP contribution in [0.2, 0.25) is 0 Å². The Bertz CT molecular complexity index is 1670. The highest BCUT2D eigenvalue weighted by molar-refractivity contribution is 7.92. The van der Waals surface area contributed by atoms with Crippen molar-refractivity contribution in [3.05, 3.63) is 102 Å². The number of amides is 1. The van der Waals surface area contributed by atoms with Crippen molar-refractivity contribution in [3.63, 3.8) is 0 Å². The van der Waals surface area contributed by atoms with E-state index in [0.29, 0.717) is 16.9 Å². The molecule has 5 rings (SSSR count). The third-order valence-electron chi connectivity index (χ3n) is 6.05. The molecule has 176 valence electrons. The van der Waals surface area contributed by atoms with Gasteiger partial charge in [-0.05, 0) is 68.4 Å². The minimum atomic E-state index is -3.76. The van der Waals surface area contributed by atoms with Crippen LogP contribution >= 0.6 is 0 Å². The van der Waals surface area contributed by atoms with Gasteiger partial charge in [-0.3, -0.25) is 9.52 Å². The van der Waals surface area contributed by atoms with Crippen molar-refractivity contribution in [1.29, 1.82) is 0 Å². The van der Waals surface area contributed by atoms with Crippen LogP contribution in [-0.4, -0.2) is 18.9 Å². The Kier molecular flexibility index (Phi) is 5.78. The number of sulfonamides is 1. The topological polar surface area (TPSA) is 80.2 Å². The lowest BCUT2D eigenvalue weighted by Gasteiger charge is -2.11. The molecule has 6 nitrogen and oxygen atoms in total. The smallest absolute Gasteiger partial charge is 0.261 e. The van der Waals surface area contributed by atoms with Gasteiger partial charge < -0.3 is 9.88 Å². The minimum Gasteiger partial charge on any atom is -0.341 e. The second kappa shape index (κ2) is 8.92. The summed E-state index contributed by atoms with van der Waals surface area (Å²) in [6.45, 7) is 4.86. The van der Waals surface area contributed by atoms with Gasteiger partial charge in [0.2, 0.25) is 0 Å². The van der Waals surface area contributed by atoms with Crippen LogP contribution in [-0.2, 0) is 16.6 Å². The lowest BCUT2D eigenvalue weighted by atomic mass is 10.1. The summed E-state index contributed by atoms with van der Waals surface area (Å²) in [5, 5.41) is 5.15. The molecule has 0 bridgehead atoms. The Morgan fingerprint density at radius 2 is 1.54 bits per heavy atom. The predicted octanol–water partition coefficient (Wildman–Crippen LogP) is 6.18. The molecule has 0 aliphatic rings. The Morgan fingerprint density at radius 1 is 0.800 bits per heavy atom. The van der Waals surface area contributed by atoms with Crippen LogP contribution in [0, 0.1) is 6.92 Å². The summed E-state index contributed by atoms with van der Waals surface area (Å²) in [6.07, 6.45) is 0. The number of nitrogens with one attached hydrogen (secondary N) is 2. The molecular formula is C28H25N3O3S. The molecule has 0 aliphatic heterocycles. The molecule has 1 amide bonds. The fraction of sp³-hybridized carbons (Fsp3) is 0.107. The SMILES string of the molecule is CCn1c2ccccc2c2cc(NC(=O)c3cccc(NS(=O)(=O)c4ccc(C)cc4)c3)ccc21. The molecule has 0 saturated heterocycles. The predicted molar refractivity (Wildman–Crippen MR) is 142 cm³/mol. The maximum Gasteiger partial charge on any atom is 0.261 e. The van der Waals surface area contributed by atoms with E-state index in [0.717, 1.165) is 33.9 Å². The minimum absolute atomic E-state index is 0.164. The third kappa shape index (κ3) is 4.38. The summed E-state index contributed by atoms with van der Waals surface area (Å²) < 4.78 is 30.3. The highest BCUT2D eigenvalue weighted by Crippen LogP contribution is 2.31. The quantitative estimate of drug-likeness (QED) is 0.303. The first-order valence-corrected chi connectivity index (χ1v) is 12.9. The van der Waals surface area contributed by atoms with Crippen LogP contribution in [0.5, 0.6) is 0 Å². The van der Waals surface area contributed by atoms with E-state index in [1.165, 1.54) is 6.07 Å². The number of carbonyl (C=O) groups excluding carboxylic acids is 1. The number of aryl methyl sites for hydroxylation is 2. The highest BCUT2D eigenvalue weighted by Gasteiger charge is 2.16. The normalized spacial score (nSPS) is 11.6. The molecule has 5 aromatic rings. The van der Waals surface area contributed by atoms with Crippen molar-refractivity contribution in [1.82, 2.24) is 4.57 Å². The first-order valence-electron chi connectivity index (χ1n) is 11.4. The number of anilines is 2. The van der Waals surface area contributed by atoms with E-state index in [9.17, 15) is 13.2 Å². The van der Waals surface area contributed by atoms with E-state index in [4.69, 9.17) is 0 Å². The van der Waals surface area contributed by atoms with Gasteiger partial charge in [0.1, 0.15) is 0 Å². The molecule has 0 atom stereocenters. The number of para-hydroxylation sites is 1. The zero-order valence-corrected chi connectivity index (χ0v) is 20.3. The number of hydrogen-bond acceptors (Lipinski definition) is 3. The summed E-state index contributed by atoms with van der Waals surface area (Å²) in [5.74, 6) is -0.319. The van der Waals surface area contributed by atoms with E-state index in [1.807, 2.05) is 37.3 Å². The lowest BCUT2D eigenvalue weighted by molar-refractivity contribution is 0.102. The Labute approximate surface area is 204 Å². The van der Waals surface area contributed by atoms with Gasteiger partial charge in [0.25, 0.3) is 15.9 Å². The molecule has 35 heavy (non-hydrogen) atoms. The van der Waals surface area contributed by atoms with Crippen molar-refractivity contribution < 1.29 is 13.2 Å². The van der Waals surface area contributed by atoms with E-state index in [-0.39, 0.29) is 10.8 Å². The van der Waals surface area contributed by atoms with Crippen molar-refractivity contribution >= 4 is 49.1 Å². The number of rotatable bonds is 6. The summed E-state index contributed by atoms with van der Waals surface area (Å²) in [5.41, 5.74) is 4.58. The van der Waals surface area contributed by atoms with Gasteiger partial charge in [-0.2, -0.15) is 0 Å². The van der Waals surface area contributed by atoms with Crippen LogP contribution in [0.25, 0.3) is 21.8 Å². The lowest BCUT2D eigenvalue weighted by Crippen LogP contribution is -2.15. The first-order chi connectivity index (χ1) is 16.9. The molecule has 0 unspecified atom stereocenters. The molecule has 1 heterocycles. The van der Waals surface area contributed by atoms with Crippen LogP contribution in [0.15, 0.2) is 95.9 Å². The molecular weight excluding hydrogens is 458 g/mol. The zero-order valence-electron chi connectivity index (χ0n) is 19.4. The molecule has 0 radical (unpaired) electrons. The van der Waals surface area contributed by atoms with Crippen molar-refractivity contribution in [2.24, 2.45) is 0 Å². The Hall–Kier alpha value is -4.10. The Balaban J connectivity index is 1.40. The maximum atomic E-state index is 13.0. The van der Waals surface area contributed by atoms with Crippen molar-refractivity contribution in [2.45, 2.75) is 25.3 Å². The van der Waals surface area contributed by atoms with E-state index >= 15 is 0 Å². The van der Waals surface area contributed by atoms with E-state index < -0.39 is 10.0 Å². The molecule has 7 heteroatoms. The van der Waals surface area contributed by atoms with E-state index in [2.05, 4.69) is 33.7 Å². The third-order valence-corrected chi connectivity index (χ3v) is 7.45. The fourth-order valence-electron chi connectivity index (χ4n) is 4.33. The Morgan fingerprint density at radius 3 is 2.31 bits per heavy atom. The summed E-state index contributed by atoms with van der Waals surface area (Å²) in [7, 11) is -3.76. The van der Waals surface area contributed by atoms with Crippen LogP contribution < -0.4 is 10.0 Å². The van der Waals surface area contributed by atoms with Gasteiger partial charge in [-0.1, -0.05) is 42.0 Å². The molecule has 1 aromatic heterocycles. The van der Waals surface area contributed by atoms with Crippen LogP contribution in [0.4, 0.5) is 11.4 Å². The van der Waals surface area contributed by atoms with Crippen LogP contribution in [0.3, 0.4) is 0 Å². The standard InChI is InChI=1S/C28H25N3O3S/c1-3-31-26-10-5-4-9-24(26)25-18-21(13-16-27(25)31)29-28(32)20-7-6-8-22(17-20)30-35(33,34)23-14-11-19(2)12-15-23/h4-18,30H,3H2,1-2H3,(H,29,32). The second-order valence-electron chi connectivity index (χ2n) is 8.45. The van der Waals surface area contributed by atoms with Crippen LogP contribution in [0.1, 0.15) is 22.8 Å². The average molecular weight is 484 g/mol. The van der Waals surface area contributed by atoms with Crippen molar-refractivity contribution in [3.8, 4) is 0 Å². The second-order valence-corrected chi connectivity index (χ2v) is 10.1. The monoisotopic (exact) mass is 483 g/mol.